The Balaban J connectivity index is 7.02. The summed E-state index contributed by atoms with van der Waals surface area (Å²) in [6.45, 7) is -6.07. The Hall–Kier alpha value is -6.88. The first-order valence-electron chi connectivity index (χ1n) is 31.2. The summed E-state index contributed by atoms with van der Waals surface area (Å²) >= 11 is 0. The molecule has 0 saturated heterocycles. The van der Waals surface area contributed by atoms with Crippen molar-refractivity contribution in [2.75, 3.05) is 223 Å². The highest BCUT2D eigenvalue weighted by atomic mass is 16.6. The summed E-state index contributed by atoms with van der Waals surface area (Å²) in [5.41, 5.74) is 0.856. The van der Waals surface area contributed by atoms with Crippen LogP contribution in [0.2, 0.25) is 0 Å². The molecule has 0 fully saturated rings. The van der Waals surface area contributed by atoms with Gasteiger partial charge in [0.25, 0.3) is 0 Å². The van der Waals surface area contributed by atoms with Crippen LogP contribution in [0.1, 0.15) is 77.0 Å². The average molecular weight is 1420 g/mol. The topological polar surface area (TPSA) is 461 Å². The molecule has 0 bridgehead atoms. The number of hydrogen-bond donors (Lipinski definition) is 4. The number of nitrogens with two attached hydrogens (primary N) is 1. The zero-order chi connectivity index (χ0) is 73.4. The van der Waals surface area contributed by atoms with Gasteiger partial charge in [0.1, 0.15) is 16.6 Å². The van der Waals surface area contributed by atoms with Gasteiger partial charge in [0.2, 0.25) is 17.7 Å². The van der Waals surface area contributed by atoms with E-state index in [0.717, 1.165) is 0 Å². The highest BCUT2D eigenvalue weighted by Crippen LogP contribution is 2.16. The number of carbonyl (C=O) groups excluding carboxylic acids is 12. The third-order valence-electron chi connectivity index (χ3n) is 13.3. The van der Waals surface area contributed by atoms with Crippen LogP contribution >= 0.6 is 0 Å². The Morgan fingerprint density at radius 3 is 0.469 bits per heavy atom. The molecule has 0 aromatic heterocycles. The molecule has 0 aromatic carbocycles. The van der Waals surface area contributed by atoms with Crippen molar-refractivity contribution in [1.29, 1.82) is 0 Å². The Kier molecular flexibility index (Phi) is 52.0. The number of carbonyl (C=O) groups is 12. The molecule has 0 aliphatic heterocycles. The lowest BCUT2D eigenvalue weighted by molar-refractivity contribution is -0.145. The number of esters is 9. The molecule has 0 heterocycles. The van der Waals surface area contributed by atoms with Gasteiger partial charge < -0.3 is 121 Å². The zero-order valence-corrected chi connectivity index (χ0v) is 58.0. The summed E-state index contributed by atoms with van der Waals surface area (Å²) < 4.78 is 112. The van der Waals surface area contributed by atoms with Crippen molar-refractivity contribution < 1.29 is 157 Å². The summed E-state index contributed by atoms with van der Waals surface area (Å²) in [6.07, 6.45) is -2.37. The van der Waals surface area contributed by atoms with E-state index in [2.05, 4.69) is 16.0 Å². The fourth-order valence-electron chi connectivity index (χ4n) is 7.95. The number of rotatable bonds is 63. The van der Waals surface area contributed by atoms with Crippen LogP contribution in [-0.2, 0) is 157 Å². The normalized spacial score (nSPS) is 11.6. The van der Waals surface area contributed by atoms with Crippen LogP contribution in [-0.4, -0.2) is 316 Å². The average Bonchev–Trinajstić information content (AvgIpc) is 0.884. The maximum atomic E-state index is 13.9. The maximum absolute atomic E-state index is 13.9. The van der Waals surface area contributed by atoms with Crippen molar-refractivity contribution in [2.24, 2.45) is 5.73 Å². The van der Waals surface area contributed by atoms with Crippen LogP contribution in [0, 0.1) is 0 Å². The first kappa shape index (κ1) is 91.1. The lowest BCUT2D eigenvalue weighted by Crippen LogP contribution is -2.59. The van der Waals surface area contributed by atoms with Gasteiger partial charge in [-0.25, -0.2) is 0 Å². The third kappa shape index (κ3) is 46.4. The molecule has 5 N–H and O–H groups in total. The van der Waals surface area contributed by atoms with Crippen molar-refractivity contribution in [3.05, 3.63) is 0 Å². The molecule has 0 aliphatic rings. The van der Waals surface area contributed by atoms with Gasteiger partial charge in [-0.3, -0.25) is 57.5 Å². The quantitative estimate of drug-likeness (QED) is 0.0282. The summed E-state index contributed by atoms with van der Waals surface area (Å²) in [6, 6.07) is 0. The van der Waals surface area contributed by atoms with Gasteiger partial charge in [-0.1, -0.05) is 0 Å². The molecule has 0 spiro atoms. The van der Waals surface area contributed by atoms with Crippen LogP contribution in [0.15, 0.2) is 0 Å². The van der Waals surface area contributed by atoms with Crippen LogP contribution in [0.5, 0.6) is 0 Å². The summed E-state index contributed by atoms with van der Waals surface area (Å²) in [4.78, 5) is 149. The number of methoxy groups -OCH3 is 9. The Morgan fingerprint density at radius 2 is 0.337 bits per heavy atom. The number of amides is 3. The minimum absolute atomic E-state index is 0.145. The van der Waals surface area contributed by atoms with E-state index in [4.69, 9.17) is 105 Å². The molecule has 3 amide bonds. The van der Waals surface area contributed by atoms with Crippen LogP contribution in [0.25, 0.3) is 0 Å². The fraction of sp³-hybridized carbons (Fsp3) is 0.803. The second-order valence-corrected chi connectivity index (χ2v) is 21.7. The van der Waals surface area contributed by atoms with Gasteiger partial charge in [-0.05, 0) is 0 Å². The van der Waals surface area contributed by atoms with E-state index >= 15 is 0 Å². The second-order valence-electron chi connectivity index (χ2n) is 21.7. The predicted molar refractivity (Wildman–Crippen MR) is 333 cm³/mol. The van der Waals surface area contributed by atoms with Crippen molar-refractivity contribution in [3.8, 4) is 0 Å². The van der Waals surface area contributed by atoms with E-state index in [1.165, 1.54) is 64.0 Å². The molecule has 37 nitrogen and oxygen atoms in total. The Labute approximate surface area is 570 Å². The molecule has 0 unspecified atom stereocenters. The predicted octanol–water partition coefficient (Wildman–Crippen LogP) is -2.31. The molecule has 0 aliphatic carbocycles. The van der Waals surface area contributed by atoms with E-state index in [0.29, 0.717) is 0 Å². The van der Waals surface area contributed by atoms with Crippen LogP contribution < -0.4 is 21.7 Å². The summed E-state index contributed by atoms with van der Waals surface area (Å²) in [5, 5.41) is 8.52. The monoisotopic (exact) mass is 1420 g/mol. The van der Waals surface area contributed by atoms with Crippen LogP contribution in [0.4, 0.5) is 0 Å². The standard InChI is InChI=1S/C61H104N4O33/c1-78-49(69)13-25-90-37-59(38-91-26-14-50(70)79-2,39-92-27-15-51(71)80-3)63-46(66)10-22-87-34-58(62,35-88-23-11-47(67)64-60(40-93-28-16-52(72)81-4,41-94-29-17-53(73)82-5)42-95-30-18-54(74)83-6)36-89-24-12-48(68)65-61(43-96-31-19-55(75)84-7,44-97-32-20-56(76)85-8)45-98-33-21-57(77)86-9/h10-45,62H2,1-9H3,(H,63,66)(H,64,67)(H,65,68). The van der Waals surface area contributed by atoms with E-state index in [1.807, 2.05) is 0 Å². The van der Waals surface area contributed by atoms with Gasteiger partial charge in [0, 0.05) is 19.3 Å². The second kappa shape index (κ2) is 55.9. The maximum Gasteiger partial charge on any atom is 0.307 e. The van der Waals surface area contributed by atoms with E-state index < -0.39 is 93.6 Å². The molecule has 0 saturated carbocycles. The summed E-state index contributed by atoms with van der Waals surface area (Å²) in [7, 11) is 10.8. The molecular formula is C61H104N4O33. The fourth-order valence-corrected chi connectivity index (χ4v) is 7.95. The first-order valence-corrected chi connectivity index (χ1v) is 31.2. The Morgan fingerprint density at radius 1 is 0.214 bits per heavy atom. The van der Waals surface area contributed by atoms with E-state index in [9.17, 15) is 57.5 Å². The minimum Gasteiger partial charge on any atom is -0.469 e. The van der Waals surface area contributed by atoms with Crippen molar-refractivity contribution >= 4 is 71.4 Å². The van der Waals surface area contributed by atoms with Gasteiger partial charge in [-0.15, -0.1) is 0 Å². The number of nitrogens with one attached hydrogen (secondary N) is 3. The first-order chi connectivity index (χ1) is 46.9. The molecule has 37 heteroatoms. The molecular weight excluding hydrogens is 1320 g/mol. The smallest absolute Gasteiger partial charge is 0.307 e. The summed E-state index contributed by atoms with van der Waals surface area (Å²) in [5.74, 6) is -7.08. The molecule has 0 atom stereocenters. The van der Waals surface area contributed by atoms with Crippen molar-refractivity contribution in [2.45, 2.75) is 99.2 Å². The molecule has 0 aromatic rings. The largest absolute Gasteiger partial charge is 0.469 e. The molecule has 566 valence electrons. The molecule has 0 radical (unpaired) electrons. The highest BCUT2D eigenvalue weighted by molar-refractivity contribution is 5.78. The SMILES string of the molecule is COC(=O)CCOCC(COCCC(=O)OC)(COCCC(=O)OC)NC(=O)CCOCC(N)(COCCC(=O)NC(COCCC(=O)OC)(COCCC(=O)OC)COCCC(=O)OC)COCCC(=O)NC(COCCC(=O)OC)(COCCC(=O)OC)COCCC(=O)OC. The Bertz CT molecular complexity index is 1900. The van der Waals surface area contributed by atoms with Crippen LogP contribution in [0.3, 0.4) is 0 Å². The van der Waals surface area contributed by atoms with Gasteiger partial charge in [0.15, 0.2) is 0 Å². The van der Waals surface area contributed by atoms with Gasteiger partial charge in [-0.2, -0.15) is 0 Å². The molecule has 98 heavy (non-hydrogen) atoms. The molecule has 0 rings (SSSR count). The van der Waals surface area contributed by atoms with Crippen molar-refractivity contribution in [3.63, 3.8) is 0 Å². The third-order valence-corrected chi connectivity index (χ3v) is 13.3. The zero-order valence-electron chi connectivity index (χ0n) is 58.0. The lowest BCUT2D eigenvalue weighted by Gasteiger charge is -2.34. The minimum atomic E-state index is -1.60. The lowest BCUT2D eigenvalue weighted by atomic mass is 10.0. The van der Waals surface area contributed by atoms with Gasteiger partial charge in [0.05, 0.1) is 286 Å². The van der Waals surface area contributed by atoms with E-state index in [-0.39, 0.29) is 236 Å². The van der Waals surface area contributed by atoms with Crippen molar-refractivity contribution in [1.82, 2.24) is 16.0 Å². The van der Waals surface area contributed by atoms with E-state index in [1.54, 1.807) is 0 Å². The highest BCUT2D eigenvalue weighted by Gasteiger charge is 2.38. The van der Waals surface area contributed by atoms with Gasteiger partial charge >= 0.3 is 53.7 Å². The number of ether oxygens (including phenoxy) is 21. The number of hydrogen-bond acceptors (Lipinski definition) is 34.